The highest BCUT2D eigenvalue weighted by Crippen LogP contribution is 2.29. The van der Waals surface area contributed by atoms with Gasteiger partial charge in [-0.15, -0.1) is 11.3 Å². The van der Waals surface area contributed by atoms with E-state index in [2.05, 4.69) is 46.3 Å². The normalized spacial score (nSPS) is 9.87. The van der Waals surface area contributed by atoms with Gasteiger partial charge in [0.15, 0.2) is 0 Å². The number of rotatable bonds is 2. The topological polar surface area (TPSA) is 23.8 Å². The smallest absolute Gasteiger partial charge is 0.101 e. The molecule has 0 aliphatic rings. The lowest BCUT2D eigenvalue weighted by Crippen LogP contribution is -1.79. The van der Waals surface area contributed by atoms with Crippen LogP contribution in [0.15, 0.2) is 35.7 Å². The summed E-state index contributed by atoms with van der Waals surface area (Å²) in [6.07, 6.45) is 0. The quantitative estimate of drug-likeness (QED) is 0.756. The zero-order chi connectivity index (χ0) is 10.7. The lowest BCUT2D eigenvalue weighted by atomic mass is 10.1. The van der Waals surface area contributed by atoms with E-state index in [-0.39, 0.29) is 0 Å². The summed E-state index contributed by atoms with van der Waals surface area (Å²) >= 11 is 5.02. The lowest BCUT2D eigenvalue weighted by molar-refractivity contribution is 1.44. The Kier molecular flexibility index (Phi) is 3.20. The molecule has 15 heavy (non-hydrogen) atoms. The third-order valence-corrected chi connectivity index (χ3v) is 3.77. The minimum atomic E-state index is 0.756. The molecule has 0 fully saturated rings. The van der Waals surface area contributed by atoms with Crippen molar-refractivity contribution in [2.24, 2.45) is 0 Å². The van der Waals surface area contributed by atoms with E-state index in [1.54, 1.807) is 11.3 Å². The fourth-order valence-electron chi connectivity index (χ4n) is 1.37. The first-order valence-corrected chi connectivity index (χ1v) is 6.48. The number of hydrogen-bond donors (Lipinski definition) is 0. The largest absolute Gasteiger partial charge is 0.192 e. The number of benzene rings is 1. The lowest BCUT2D eigenvalue weighted by Gasteiger charge is -2.00. The van der Waals surface area contributed by atoms with Crippen molar-refractivity contribution in [1.82, 2.24) is 0 Å². The van der Waals surface area contributed by atoms with Gasteiger partial charge in [0, 0.05) is 5.33 Å². The summed E-state index contributed by atoms with van der Waals surface area (Å²) in [6, 6.07) is 12.3. The molecule has 0 aliphatic carbocycles. The molecule has 1 aromatic heterocycles. The van der Waals surface area contributed by atoms with Crippen molar-refractivity contribution < 1.29 is 0 Å². The molecule has 0 spiro atoms. The Labute approximate surface area is 101 Å². The van der Waals surface area contributed by atoms with Crippen LogP contribution in [-0.2, 0) is 5.33 Å². The molecule has 0 bridgehead atoms. The fourth-order valence-corrected chi connectivity index (χ4v) is 2.59. The first-order chi connectivity index (χ1) is 7.35. The van der Waals surface area contributed by atoms with Crippen LogP contribution in [0, 0.1) is 11.3 Å². The second-order valence-electron chi connectivity index (χ2n) is 3.11. The molecular formula is C12H8BrNS. The molecule has 0 amide bonds. The van der Waals surface area contributed by atoms with Crippen molar-refractivity contribution in [3.63, 3.8) is 0 Å². The van der Waals surface area contributed by atoms with Gasteiger partial charge in [0.2, 0.25) is 0 Å². The van der Waals surface area contributed by atoms with Gasteiger partial charge >= 0.3 is 0 Å². The maximum absolute atomic E-state index is 8.92. The van der Waals surface area contributed by atoms with Gasteiger partial charge in [-0.25, -0.2) is 0 Å². The average molecular weight is 278 g/mol. The van der Waals surface area contributed by atoms with Crippen LogP contribution < -0.4 is 0 Å². The van der Waals surface area contributed by atoms with Crippen molar-refractivity contribution in [2.45, 2.75) is 5.33 Å². The van der Waals surface area contributed by atoms with E-state index in [1.165, 1.54) is 5.56 Å². The zero-order valence-corrected chi connectivity index (χ0v) is 10.3. The first-order valence-electron chi connectivity index (χ1n) is 4.48. The molecule has 1 nitrogen and oxygen atoms in total. The van der Waals surface area contributed by atoms with E-state index in [4.69, 9.17) is 5.26 Å². The number of thiophene rings is 1. The molecule has 1 heterocycles. The van der Waals surface area contributed by atoms with Gasteiger partial charge in [-0.2, -0.15) is 5.26 Å². The van der Waals surface area contributed by atoms with Crippen LogP contribution in [0.1, 0.15) is 11.1 Å². The highest BCUT2D eigenvalue weighted by Gasteiger charge is 2.05. The predicted octanol–water partition coefficient (Wildman–Crippen LogP) is 4.18. The van der Waals surface area contributed by atoms with Crippen LogP contribution in [0.3, 0.4) is 0 Å². The van der Waals surface area contributed by atoms with E-state index in [9.17, 15) is 0 Å². The van der Waals surface area contributed by atoms with Gasteiger partial charge < -0.3 is 0 Å². The van der Waals surface area contributed by atoms with Crippen LogP contribution in [0.5, 0.6) is 0 Å². The minimum absolute atomic E-state index is 0.756. The zero-order valence-electron chi connectivity index (χ0n) is 7.90. The number of nitrogens with zero attached hydrogens (tertiary/aromatic N) is 1. The third-order valence-electron chi connectivity index (χ3n) is 2.16. The van der Waals surface area contributed by atoms with Crippen molar-refractivity contribution in [3.05, 3.63) is 46.8 Å². The molecule has 1 aromatic carbocycles. The minimum Gasteiger partial charge on any atom is -0.192 e. The molecule has 0 atom stereocenters. The molecule has 2 aromatic rings. The van der Waals surface area contributed by atoms with E-state index in [0.717, 1.165) is 21.3 Å². The van der Waals surface area contributed by atoms with Gasteiger partial charge in [0.1, 0.15) is 6.07 Å². The third kappa shape index (κ3) is 2.11. The van der Waals surface area contributed by atoms with Crippen LogP contribution in [-0.4, -0.2) is 0 Å². The summed E-state index contributed by atoms with van der Waals surface area (Å²) < 4.78 is 0. The van der Waals surface area contributed by atoms with E-state index in [1.807, 2.05) is 11.4 Å². The van der Waals surface area contributed by atoms with Crippen LogP contribution >= 0.6 is 27.3 Å². The molecular weight excluding hydrogens is 270 g/mol. The molecule has 0 aliphatic heterocycles. The van der Waals surface area contributed by atoms with Gasteiger partial charge in [0.25, 0.3) is 0 Å². The number of hydrogen-bond acceptors (Lipinski definition) is 2. The second kappa shape index (κ2) is 4.61. The van der Waals surface area contributed by atoms with Gasteiger partial charge in [-0.1, -0.05) is 40.2 Å². The molecule has 0 radical (unpaired) electrons. The highest BCUT2D eigenvalue weighted by molar-refractivity contribution is 9.08. The Morgan fingerprint density at radius 3 is 2.53 bits per heavy atom. The van der Waals surface area contributed by atoms with Gasteiger partial charge in [-0.05, 0) is 22.6 Å². The van der Waals surface area contributed by atoms with E-state index in [0.29, 0.717) is 0 Å². The SMILES string of the molecule is N#Cc1ccsc1-c1ccc(CBr)cc1. The molecule has 0 N–H and O–H groups in total. The Hall–Kier alpha value is -1.11. The Morgan fingerprint density at radius 2 is 1.93 bits per heavy atom. The number of halogens is 1. The van der Waals surface area contributed by atoms with Gasteiger partial charge in [0.05, 0.1) is 10.4 Å². The Balaban J connectivity index is 2.42. The molecule has 3 heteroatoms. The maximum Gasteiger partial charge on any atom is 0.101 e. The average Bonchev–Trinajstić information content (AvgIpc) is 2.77. The van der Waals surface area contributed by atoms with E-state index < -0.39 is 0 Å². The van der Waals surface area contributed by atoms with Crippen molar-refractivity contribution in [1.29, 1.82) is 5.26 Å². The Morgan fingerprint density at radius 1 is 1.20 bits per heavy atom. The monoisotopic (exact) mass is 277 g/mol. The van der Waals surface area contributed by atoms with Crippen LogP contribution in [0.25, 0.3) is 10.4 Å². The molecule has 0 saturated heterocycles. The summed E-state index contributed by atoms with van der Waals surface area (Å²) in [7, 11) is 0. The summed E-state index contributed by atoms with van der Waals surface area (Å²) in [5.74, 6) is 0. The number of alkyl halides is 1. The van der Waals surface area contributed by atoms with Crippen LogP contribution in [0.2, 0.25) is 0 Å². The van der Waals surface area contributed by atoms with Crippen molar-refractivity contribution in [2.75, 3.05) is 0 Å². The van der Waals surface area contributed by atoms with Crippen LogP contribution in [0.4, 0.5) is 0 Å². The summed E-state index contributed by atoms with van der Waals surface area (Å²) in [6.45, 7) is 0. The Bertz CT molecular complexity index is 493. The molecule has 0 unspecified atom stereocenters. The molecule has 74 valence electrons. The summed E-state index contributed by atoms with van der Waals surface area (Å²) in [5, 5.41) is 11.7. The standard InChI is InChI=1S/C12H8BrNS/c13-7-9-1-3-10(4-2-9)12-11(8-14)5-6-15-12/h1-6H,7H2. The second-order valence-corrected chi connectivity index (χ2v) is 4.58. The first kappa shape index (κ1) is 10.4. The summed E-state index contributed by atoms with van der Waals surface area (Å²) in [5.41, 5.74) is 3.12. The van der Waals surface area contributed by atoms with E-state index >= 15 is 0 Å². The fraction of sp³-hybridized carbons (Fsp3) is 0.0833. The predicted molar refractivity (Wildman–Crippen MR) is 67.1 cm³/mol. The highest BCUT2D eigenvalue weighted by atomic mass is 79.9. The summed E-state index contributed by atoms with van der Waals surface area (Å²) in [4.78, 5) is 1.05. The van der Waals surface area contributed by atoms with Crippen molar-refractivity contribution >= 4 is 27.3 Å². The molecule has 2 rings (SSSR count). The maximum atomic E-state index is 8.92. The number of nitriles is 1. The molecule has 0 saturated carbocycles. The van der Waals surface area contributed by atoms with Gasteiger partial charge in [-0.3, -0.25) is 0 Å². The van der Waals surface area contributed by atoms with Crippen molar-refractivity contribution in [3.8, 4) is 16.5 Å².